The Morgan fingerprint density at radius 3 is 2.71 bits per heavy atom. The van der Waals surface area contributed by atoms with Crippen LogP contribution in [0, 0.1) is 17.2 Å². The van der Waals surface area contributed by atoms with Crippen LogP contribution in [0.3, 0.4) is 0 Å². The van der Waals surface area contributed by atoms with Crippen molar-refractivity contribution in [3.05, 3.63) is 29.6 Å². The van der Waals surface area contributed by atoms with E-state index in [4.69, 9.17) is 4.74 Å². The van der Waals surface area contributed by atoms with Crippen LogP contribution in [0.25, 0.3) is 0 Å². The van der Waals surface area contributed by atoms with Gasteiger partial charge in [-0.2, -0.15) is 0 Å². The maximum Gasteiger partial charge on any atom is 0.225 e. The van der Waals surface area contributed by atoms with Gasteiger partial charge in [0.05, 0.1) is 7.11 Å². The highest BCUT2D eigenvalue weighted by atomic mass is 19.1. The zero-order valence-electron chi connectivity index (χ0n) is 14.8. The van der Waals surface area contributed by atoms with E-state index in [1.807, 2.05) is 24.8 Å². The van der Waals surface area contributed by atoms with Crippen molar-refractivity contribution in [3.8, 4) is 5.75 Å². The molecule has 0 unspecified atom stereocenters. The van der Waals surface area contributed by atoms with E-state index < -0.39 is 0 Å². The smallest absolute Gasteiger partial charge is 0.225 e. The summed E-state index contributed by atoms with van der Waals surface area (Å²) in [4.78, 5) is 16.6. The highest BCUT2D eigenvalue weighted by molar-refractivity contribution is 5.78. The largest absolute Gasteiger partial charge is 0.494 e. The number of methoxy groups -OCH3 is 1. The molecule has 1 spiro atoms. The number of amides is 1. The Balaban J connectivity index is 1.60. The van der Waals surface area contributed by atoms with Crippen LogP contribution in [-0.2, 0) is 11.3 Å². The molecule has 1 atom stereocenters. The molecule has 1 aromatic rings. The molecule has 2 heterocycles. The van der Waals surface area contributed by atoms with Crippen molar-refractivity contribution < 1.29 is 13.9 Å². The van der Waals surface area contributed by atoms with E-state index in [0.717, 1.165) is 51.1 Å². The molecule has 1 aromatic carbocycles. The van der Waals surface area contributed by atoms with Crippen molar-refractivity contribution >= 4 is 5.91 Å². The van der Waals surface area contributed by atoms with Crippen LogP contribution in [0.4, 0.5) is 4.39 Å². The summed E-state index contributed by atoms with van der Waals surface area (Å²) >= 11 is 0. The second kappa shape index (κ2) is 6.71. The molecule has 2 saturated heterocycles. The minimum atomic E-state index is -0.307. The quantitative estimate of drug-likeness (QED) is 0.849. The van der Waals surface area contributed by atoms with Crippen molar-refractivity contribution in [2.24, 2.45) is 11.3 Å². The fraction of sp³-hybridized carbons (Fsp3) is 0.632. The highest BCUT2D eigenvalue weighted by Gasteiger charge is 2.44. The molecule has 5 heteroatoms. The van der Waals surface area contributed by atoms with Gasteiger partial charge in [0.25, 0.3) is 0 Å². The normalized spacial score (nSPS) is 24.3. The van der Waals surface area contributed by atoms with Gasteiger partial charge in [-0.15, -0.1) is 0 Å². The molecule has 0 radical (unpaired) electrons. The molecule has 2 aliphatic heterocycles. The number of halogens is 1. The summed E-state index contributed by atoms with van der Waals surface area (Å²) in [6.07, 6.45) is 2.20. The summed E-state index contributed by atoms with van der Waals surface area (Å²) in [5.74, 6) is 0.316. The van der Waals surface area contributed by atoms with Gasteiger partial charge in [0, 0.05) is 37.5 Å². The molecule has 3 rings (SSSR count). The third kappa shape index (κ3) is 3.41. The number of likely N-dealkylation sites (tertiary alicyclic amines) is 2. The van der Waals surface area contributed by atoms with Crippen LogP contribution in [0.2, 0.25) is 0 Å². The van der Waals surface area contributed by atoms with Crippen LogP contribution in [-0.4, -0.2) is 49.0 Å². The van der Waals surface area contributed by atoms with Crippen molar-refractivity contribution in [1.82, 2.24) is 9.80 Å². The summed E-state index contributed by atoms with van der Waals surface area (Å²) in [7, 11) is 1.48. The lowest BCUT2D eigenvalue weighted by Gasteiger charge is -2.25. The number of benzene rings is 1. The zero-order valence-corrected chi connectivity index (χ0v) is 14.8. The molecule has 0 saturated carbocycles. The van der Waals surface area contributed by atoms with Gasteiger partial charge in [-0.3, -0.25) is 9.69 Å². The van der Waals surface area contributed by atoms with Crippen molar-refractivity contribution in [2.75, 3.05) is 33.3 Å². The first-order valence-corrected chi connectivity index (χ1v) is 8.76. The first-order valence-electron chi connectivity index (χ1n) is 8.76. The summed E-state index contributed by atoms with van der Waals surface area (Å²) in [5, 5.41) is 0. The van der Waals surface area contributed by atoms with Crippen molar-refractivity contribution in [1.29, 1.82) is 0 Å². The molecule has 0 aliphatic carbocycles. The van der Waals surface area contributed by atoms with Gasteiger partial charge < -0.3 is 9.64 Å². The molecular weight excluding hydrogens is 307 g/mol. The maximum atomic E-state index is 13.8. The van der Waals surface area contributed by atoms with Gasteiger partial charge in [0.2, 0.25) is 5.91 Å². The molecule has 0 N–H and O–H groups in total. The Hall–Kier alpha value is -1.62. The van der Waals surface area contributed by atoms with E-state index in [1.165, 1.54) is 7.11 Å². The van der Waals surface area contributed by atoms with Gasteiger partial charge in [0.15, 0.2) is 11.6 Å². The number of hydrogen-bond acceptors (Lipinski definition) is 3. The second-order valence-corrected chi connectivity index (χ2v) is 7.59. The lowest BCUT2D eigenvalue weighted by atomic mass is 9.86. The number of rotatable bonds is 4. The Kier molecular flexibility index (Phi) is 4.81. The highest BCUT2D eigenvalue weighted by Crippen LogP contribution is 2.40. The van der Waals surface area contributed by atoms with Gasteiger partial charge in [-0.1, -0.05) is 19.9 Å². The van der Waals surface area contributed by atoms with Crippen LogP contribution in [0.1, 0.15) is 32.3 Å². The summed E-state index contributed by atoms with van der Waals surface area (Å²) in [5.41, 5.74) is 1.20. The first-order chi connectivity index (χ1) is 11.4. The van der Waals surface area contributed by atoms with E-state index in [-0.39, 0.29) is 28.8 Å². The number of carbonyl (C=O) groups is 1. The average Bonchev–Trinajstić information content (AvgIpc) is 3.14. The van der Waals surface area contributed by atoms with Crippen LogP contribution in [0.5, 0.6) is 5.75 Å². The summed E-state index contributed by atoms with van der Waals surface area (Å²) in [6.45, 7) is 8.43. The monoisotopic (exact) mass is 334 g/mol. The van der Waals surface area contributed by atoms with Crippen LogP contribution < -0.4 is 4.74 Å². The molecule has 1 amide bonds. The SMILES string of the molecule is COc1ccc(CN2CC[C@@]3(CCN(C(=O)C(C)C)C3)C2)cc1F. The fourth-order valence-electron chi connectivity index (χ4n) is 4.05. The van der Waals surface area contributed by atoms with E-state index in [2.05, 4.69) is 4.90 Å². The van der Waals surface area contributed by atoms with Crippen LogP contribution in [0.15, 0.2) is 18.2 Å². The number of nitrogens with zero attached hydrogens (tertiary/aromatic N) is 2. The molecule has 2 aliphatic rings. The maximum absolute atomic E-state index is 13.8. The Morgan fingerprint density at radius 2 is 2.04 bits per heavy atom. The topological polar surface area (TPSA) is 32.8 Å². The fourth-order valence-corrected chi connectivity index (χ4v) is 4.05. The van der Waals surface area contributed by atoms with Gasteiger partial charge in [0.1, 0.15) is 0 Å². The Morgan fingerprint density at radius 1 is 1.29 bits per heavy atom. The first kappa shape index (κ1) is 17.2. The molecule has 24 heavy (non-hydrogen) atoms. The lowest BCUT2D eigenvalue weighted by molar-refractivity contribution is -0.133. The van der Waals surface area contributed by atoms with Gasteiger partial charge in [-0.05, 0) is 37.1 Å². The molecule has 132 valence electrons. The summed E-state index contributed by atoms with van der Waals surface area (Å²) < 4.78 is 18.8. The molecule has 4 nitrogen and oxygen atoms in total. The average molecular weight is 334 g/mol. The summed E-state index contributed by atoms with van der Waals surface area (Å²) in [6, 6.07) is 5.18. The molecule has 0 bridgehead atoms. The van der Waals surface area contributed by atoms with E-state index in [9.17, 15) is 9.18 Å². The Labute approximate surface area is 143 Å². The van der Waals surface area contributed by atoms with E-state index in [1.54, 1.807) is 12.1 Å². The van der Waals surface area contributed by atoms with Crippen molar-refractivity contribution in [3.63, 3.8) is 0 Å². The Bertz CT molecular complexity index is 619. The molecule has 2 fully saturated rings. The second-order valence-electron chi connectivity index (χ2n) is 7.59. The van der Waals surface area contributed by atoms with Gasteiger partial charge in [-0.25, -0.2) is 4.39 Å². The third-order valence-electron chi connectivity index (χ3n) is 5.38. The predicted octanol–water partition coefficient (Wildman–Crippen LogP) is 2.91. The molecule has 0 aromatic heterocycles. The minimum Gasteiger partial charge on any atom is -0.494 e. The third-order valence-corrected chi connectivity index (χ3v) is 5.38. The van der Waals surface area contributed by atoms with E-state index >= 15 is 0 Å². The van der Waals surface area contributed by atoms with Gasteiger partial charge >= 0.3 is 0 Å². The van der Waals surface area contributed by atoms with Crippen LogP contribution >= 0.6 is 0 Å². The standard InChI is InChI=1S/C19H27FN2O2/c1-14(2)18(23)22-9-7-19(13-22)6-8-21(12-19)11-15-4-5-17(24-3)16(20)10-15/h4-5,10,14H,6-9,11-13H2,1-3H3/t19-/m1/s1. The van der Waals surface area contributed by atoms with Crippen molar-refractivity contribution in [2.45, 2.75) is 33.2 Å². The predicted molar refractivity (Wildman–Crippen MR) is 91.3 cm³/mol. The molecular formula is C19H27FN2O2. The zero-order chi connectivity index (χ0) is 17.3. The number of ether oxygens (including phenoxy) is 1. The lowest BCUT2D eigenvalue weighted by Crippen LogP contribution is -2.36. The number of carbonyl (C=O) groups excluding carboxylic acids is 1. The van der Waals surface area contributed by atoms with E-state index in [0.29, 0.717) is 0 Å². The number of hydrogen-bond donors (Lipinski definition) is 0. The minimum absolute atomic E-state index is 0.0694.